The van der Waals surface area contributed by atoms with Gasteiger partial charge in [0.1, 0.15) is 5.41 Å². The van der Waals surface area contributed by atoms with E-state index in [0.717, 1.165) is 12.1 Å². The number of likely N-dealkylation sites (tertiary alicyclic amines) is 1. The Bertz CT molecular complexity index is 1130. The summed E-state index contributed by atoms with van der Waals surface area (Å²) in [5.41, 5.74) is -3.40. The van der Waals surface area contributed by atoms with Gasteiger partial charge in [-0.1, -0.05) is 61.3 Å². The molecule has 1 fully saturated rings. The van der Waals surface area contributed by atoms with Crippen LogP contribution in [0.25, 0.3) is 0 Å². The zero-order chi connectivity index (χ0) is 25.1. The van der Waals surface area contributed by atoms with Crippen LogP contribution in [0.1, 0.15) is 37.0 Å². The summed E-state index contributed by atoms with van der Waals surface area (Å²) >= 11 is 11.5. The molecule has 0 N–H and O–H groups in total. The molecule has 2 heterocycles. The number of amides is 1. The monoisotopic (exact) mass is 518 g/mol. The fourth-order valence-electron chi connectivity index (χ4n) is 4.42. The van der Waals surface area contributed by atoms with E-state index in [9.17, 15) is 22.4 Å². The molecule has 0 aromatic heterocycles. The average molecular weight is 519 g/mol. The van der Waals surface area contributed by atoms with Gasteiger partial charge in [-0.15, -0.1) is 0 Å². The fraction of sp³-hybridized carbons (Fsp3) is 0.417. The minimum atomic E-state index is -4.70. The van der Waals surface area contributed by atoms with E-state index in [0.29, 0.717) is 11.1 Å². The standard InChI is InChI=1S/C24H21Cl2F5N2O/c1-13(2)21(34)33-11-23(28,12-33)15-5-3-14(4-6-15)19-9-22(10-32-19,24(29,30)31)16-7-17(25)20(27)18(26)8-16/h3-8,13H,9-12H2,1-2H3. The van der Waals surface area contributed by atoms with Crippen molar-refractivity contribution in [2.24, 2.45) is 10.9 Å². The second-order valence-corrected chi connectivity index (χ2v) is 9.98. The number of alkyl halides is 4. The number of hydrogen-bond acceptors (Lipinski definition) is 2. The lowest BCUT2D eigenvalue weighted by atomic mass is 9.76. The predicted molar refractivity (Wildman–Crippen MR) is 121 cm³/mol. The van der Waals surface area contributed by atoms with E-state index in [1.54, 1.807) is 13.8 Å². The molecular formula is C24H21Cl2F5N2O. The maximum atomic E-state index is 15.2. The number of benzene rings is 2. The molecule has 2 aromatic carbocycles. The van der Waals surface area contributed by atoms with Crippen molar-refractivity contribution < 1.29 is 26.7 Å². The van der Waals surface area contributed by atoms with E-state index in [1.165, 1.54) is 29.2 Å². The molecule has 10 heteroatoms. The normalized spacial score (nSPS) is 22.1. The fourth-order valence-corrected chi connectivity index (χ4v) is 4.91. The van der Waals surface area contributed by atoms with Crippen molar-refractivity contribution in [3.05, 3.63) is 69.0 Å². The second-order valence-electron chi connectivity index (χ2n) is 9.17. The second kappa shape index (κ2) is 8.48. The van der Waals surface area contributed by atoms with Gasteiger partial charge in [-0.25, -0.2) is 8.78 Å². The molecule has 0 bridgehead atoms. The van der Waals surface area contributed by atoms with Crippen molar-refractivity contribution in [1.29, 1.82) is 0 Å². The van der Waals surface area contributed by atoms with Crippen LogP contribution < -0.4 is 0 Å². The van der Waals surface area contributed by atoms with Gasteiger partial charge in [-0.3, -0.25) is 9.79 Å². The summed E-state index contributed by atoms with van der Waals surface area (Å²) in [6.45, 7) is 2.76. The maximum absolute atomic E-state index is 15.2. The van der Waals surface area contributed by atoms with E-state index in [4.69, 9.17) is 23.2 Å². The number of aliphatic imine (C=N–C) groups is 1. The third-order valence-electron chi connectivity index (χ3n) is 6.51. The first-order valence-corrected chi connectivity index (χ1v) is 11.4. The highest BCUT2D eigenvalue weighted by Gasteiger charge is 2.58. The minimum absolute atomic E-state index is 0.0619. The summed E-state index contributed by atoms with van der Waals surface area (Å²) in [5, 5.41) is -0.995. The Morgan fingerprint density at radius 1 is 1.06 bits per heavy atom. The molecule has 1 atom stereocenters. The molecule has 2 aliphatic heterocycles. The van der Waals surface area contributed by atoms with Gasteiger partial charge in [0, 0.05) is 18.1 Å². The van der Waals surface area contributed by atoms with Crippen molar-refractivity contribution in [2.75, 3.05) is 19.6 Å². The number of carbonyl (C=O) groups excluding carboxylic acids is 1. The average Bonchev–Trinajstić information content (AvgIpc) is 3.21. The lowest BCUT2D eigenvalue weighted by Crippen LogP contribution is -2.59. The molecule has 4 rings (SSSR count). The molecule has 0 saturated carbocycles. The van der Waals surface area contributed by atoms with Gasteiger partial charge >= 0.3 is 6.18 Å². The quantitative estimate of drug-likeness (QED) is 0.336. The summed E-state index contributed by atoms with van der Waals surface area (Å²) in [6, 6.07) is 7.94. The lowest BCUT2D eigenvalue weighted by molar-refractivity contribution is -0.183. The molecule has 2 aliphatic rings. The van der Waals surface area contributed by atoms with Crippen molar-refractivity contribution >= 4 is 34.8 Å². The largest absolute Gasteiger partial charge is 0.400 e. The minimum Gasteiger partial charge on any atom is -0.335 e. The Kier molecular flexibility index (Phi) is 6.22. The number of hydrogen-bond donors (Lipinski definition) is 0. The van der Waals surface area contributed by atoms with Gasteiger partial charge in [0.15, 0.2) is 11.5 Å². The molecule has 34 heavy (non-hydrogen) atoms. The first kappa shape index (κ1) is 24.9. The van der Waals surface area contributed by atoms with Crippen LogP contribution in [0.5, 0.6) is 0 Å². The Morgan fingerprint density at radius 2 is 1.62 bits per heavy atom. The highest BCUT2D eigenvalue weighted by molar-refractivity contribution is 6.35. The molecule has 0 spiro atoms. The van der Waals surface area contributed by atoms with Gasteiger partial charge in [-0.05, 0) is 28.8 Å². The summed E-state index contributed by atoms with van der Waals surface area (Å²) in [5.74, 6) is -1.34. The number of rotatable bonds is 4. The van der Waals surface area contributed by atoms with Crippen LogP contribution in [0.3, 0.4) is 0 Å². The Labute approximate surface area is 203 Å². The van der Waals surface area contributed by atoms with E-state index in [2.05, 4.69) is 4.99 Å². The van der Waals surface area contributed by atoms with Crippen LogP contribution in [0.4, 0.5) is 22.0 Å². The van der Waals surface area contributed by atoms with Gasteiger partial charge < -0.3 is 4.90 Å². The van der Waals surface area contributed by atoms with Crippen LogP contribution in [-0.4, -0.2) is 42.3 Å². The molecule has 1 unspecified atom stereocenters. The molecule has 3 nitrogen and oxygen atoms in total. The maximum Gasteiger partial charge on any atom is 0.400 e. The van der Waals surface area contributed by atoms with Crippen LogP contribution in [0.15, 0.2) is 41.4 Å². The van der Waals surface area contributed by atoms with Crippen molar-refractivity contribution in [3.63, 3.8) is 0 Å². The summed E-state index contributed by atoms with van der Waals surface area (Å²) in [7, 11) is 0. The van der Waals surface area contributed by atoms with E-state index >= 15 is 4.39 Å². The number of nitrogens with zero attached hydrogens (tertiary/aromatic N) is 2. The van der Waals surface area contributed by atoms with Crippen LogP contribution in [-0.2, 0) is 15.9 Å². The van der Waals surface area contributed by atoms with Crippen LogP contribution in [0.2, 0.25) is 10.0 Å². The zero-order valence-corrected chi connectivity index (χ0v) is 19.8. The summed E-state index contributed by atoms with van der Waals surface area (Å²) in [6.07, 6.45) is -5.20. The third-order valence-corrected chi connectivity index (χ3v) is 7.06. The molecule has 0 radical (unpaired) electrons. The highest BCUT2D eigenvalue weighted by atomic mass is 35.5. The van der Waals surface area contributed by atoms with Gasteiger partial charge in [0.05, 0.1) is 29.7 Å². The highest BCUT2D eigenvalue weighted by Crippen LogP contribution is 2.49. The Balaban J connectivity index is 1.56. The first-order chi connectivity index (χ1) is 15.8. The molecule has 2 aromatic rings. The van der Waals surface area contributed by atoms with E-state index in [-0.39, 0.29) is 36.2 Å². The van der Waals surface area contributed by atoms with Crippen LogP contribution >= 0.6 is 23.2 Å². The first-order valence-electron chi connectivity index (χ1n) is 10.6. The SMILES string of the molecule is CC(C)C(=O)N1CC(F)(c2ccc(C3=NCC(c4cc(Cl)c(F)c(Cl)c4)(C(F)(F)F)C3)cc2)C1. The molecule has 0 aliphatic carbocycles. The van der Waals surface area contributed by atoms with Crippen molar-refractivity contribution in [1.82, 2.24) is 4.90 Å². The summed E-state index contributed by atoms with van der Waals surface area (Å²) < 4.78 is 71.8. The topological polar surface area (TPSA) is 32.7 Å². The van der Waals surface area contributed by atoms with Crippen molar-refractivity contribution in [3.8, 4) is 0 Å². The van der Waals surface area contributed by atoms with E-state index < -0.39 is 46.1 Å². The lowest BCUT2D eigenvalue weighted by Gasteiger charge is -2.45. The summed E-state index contributed by atoms with van der Waals surface area (Å²) in [4.78, 5) is 17.6. The third kappa shape index (κ3) is 4.09. The Morgan fingerprint density at radius 3 is 2.12 bits per heavy atom. The van der Waals surface area contributed by atoms with E-state index in [1.807, 2.05) is 0 Å². The molecule has 1 saturated heterocycles. The molecular weight excluding hydrogens is 498 g/mol. The van der Waals surface area contributed by atoms with Gasteiger partial charge in [0.25, 0.3) is 0 Å². The molecule has 1 amide bonds. The molecule has 182 valence electrons. The predicted octanol–water partition coefficient (Wildman–Crippen LogP) is 6.49. The zero-order valence-electron chi connectivity index (χ0n) is 18.3. The smallest absolute Gasteiger partial charge is 0.335 e. The number of carbonyl (C=O) groups is 1. The van der Waals surface area contributed by atoms with Crippen molar-refractivity contribution in [2.45, 2.75) is 37.5 Å². The van der Waals surface area contributed by atoms with Crippen LogP contribution in [0, 0.1) is 11.7 Å². The number of halogens is 7. The van der Waals surface area contributed by atoms with Gasteiger partial charge in [0.2, 0.25) is 5.91 Å². The Hall–Kier alpha value is -2.19. The van der Waals surface area contributed by atoms with Gasteiger partial charge in [-0.2, -0.15) is 13.2 Å².